The summed E-state index contributed by atoms with van der Waals surface area (Å²) in [6.07, 6.45) is 0.414. The average molecular weight is 195 g/mol. The molecule has 1 aromatic carbocycles. The van der Waals surface area contributed by atoms with Gasteiger partial charge in [-0.1, -0.05) is 0 Å². The van der Waals surface area contributed by atoms with Gasteiger partial charge in [0.1, 0.15) is 0 Å². The third-order valence-electron chi connectivity index (χ3n) is 2.01. The summed E-state index contributed by atoms with van der Waals surface area (Å²) in [4.78, 5) is 20.4. The van der Waals surface area contributed by atoms with Crippen molar-refractivity contribution in [3.63, 3.8) is 0 Å². The minimum atomic E-state index is -0.697. The quantitative estimate of drug-likeness (QED) is 0.442. The molecule has 74 valence electrons. The van der Waals surface area contributed by atoms with Gasteiger partial charge in [0.2, 0.25) is 5.75 Å². The van der Waals surface area contributed by atoms with Crippen LogP contribution in [0, 0.1) is 24.0 Å². The molecule has 0 saturated heterocycles. The summed E-state index contributed by atoms with van der Waals surface area (Å²) in [7, 11) is 0. The first-order chi connectivity index (χ1) is 6.49. The summed E-state index contributed by atoms with van der Waals surface area (Å²) >= 11 is 0. The molecule has 0 radical (unpaired) electrons. The molecule has 0 spiro atoms. The standard InChI is InChI=1S/C9H9NO4/c1-5-3-6(2)8(10(13)14)9(12)7(5)4-11/h3-4,12H,1-2H3. The van der Waals surface area contributed by atoms with E-state index in [0.29, 0.717) is 17.4 Å². The maximum absolute atomic E-state index is 10.6. The highest BCUT2D eigenvalue weighted by Crippen LogP contribution is 2.34. The number of aldehydes is 1. The number of hydrogen-bond donors (Lipinski definition) is 1. The van der Waals surface area contributed by atoms with E-state index in [1.54, 1.807) is 6.92 Å². The molecule has 0 amide bonds. The van der Waals surface area contributed by atoms with Crippen molar-refractivity contribution >= 4 is 12.0 Å². The van der Waals surface area contributed by atoms with Crippen LogP contribution in [0.15, 0.2) is 6.07 Å². The molecule has 1 rings (SSSR count). The molecule has 0 bridgehead atoms. The van der Waals surface area contributed by atoms with Crippen molar-refractivity contribution in [3.05, 3.63) is 32.9 Å². The van der Waals surface area contributed by atoms with E-state index in [1.165, 1.54) is 13.0 Å². The molecule has 0 aliphatic heterocycles. The number of benzene rings is 1. The van der Waals surface area contributed by atoms with Gasteiger partial charge < -0.3 is 5.11 Å². The Bertz CT molecular complexity index is 412. The van der Waals surface area contributed by atoms with Gasteiger partial charge in [0.25, 0.3) is 0 Å². The van der Waals surface area contributed by atoms with Crippen molar-refractivity contribution in [2.75, 3.05) is 0 Å². The first-order valence-electron chi connectivity index (χ1n) is 3.91. The first kappa shape index (κ1) is 10.2. The van der Waals surface area contributed by atoms with Crippen molar-refractivity contribution < 1.29 is 14.8 Å². The van der Waals surface area contributed by atoms with Crippen molar-refractivity contribution in [1.29, 1.82) is 0 Å². The summed E-state index contributed by atoms with van der Waals surface area (Å²) in [6.45, 7) is 3.12. The van der Waals surface area contributed by atoms with Crippen molar-refractivity contribution in [2.45, 2.75) is 13.8 Å². The SMILES string of the molecule is Cc1cc(C)c([N+](=O)[O-])c(O)c1C=O. The van der Waals surface area contributed by atoms with Gasteiger partial charge in [0.15, 0.2) is 6.29 Å². The van der Waals surface area contributed by atoms with Crippen LogP contribution in [0.4, 0.5) is 5.69 Å². The van der Waals surface area contributed by atoms with E-state index in [0.717, 1.165) is 0 Å². The number of phenolic OH excluding ortho intramolecular Hbond substituents is 1. The van der Waals surface area contributed by atoms with Crippen LogP contribution in [-0.2, 0) is 0 Å². The van der Waals surface area contributed by atoms with Crippen LogP contribution < -0.4 is 0 Å². The lowest BCUT2D eigenvalue weighted by Gasteiger charge is -2.05. The number of nitrogens with zero attached hydrogens (tertiary/aromatic N) is 1. The fourth-order valence-electron chi connectivity index (χ4n) is 1.35. The highest BCUT2D eigenvalue weighted by Gasteiger charge is 2.21. The zero-order chi connectivity index (χ0) is 10.9. The molecule has 0 aliphatic rings. The summed E-state index contributed by atoms with van der Waals surface area (Å²) < 4.78 is 0. The number of nitro benzene ring substituents is 1. The second kappa shape index (κ2) is 3.45. The lowest BCUT2D eigenvalue weighted by molar-refractivity contribution is -0.386. The van der Waals surface area contributed by atoms with Crippen molar-refractivity contribution in [2.24, 2.45) is 0 Å². The van der Waals surface area contributed by atoms with Crippen LogP contribution in [0.3, 0.4) is 0 Å². The number of phenols is 1. The molecule has 0 aliphatic carbocycles. The highest BCUT2D eigenvalue weighted by atomic mass is 16.6. The van der Waals surface area contributed by atoms with Crippen LogP contribution in [0.5, 0.6) is 5.75 Å². The van der Waals surface area contributed by atoms with Crippen molar-refractivity contribution in [1.82, 2.24) is 0 Å². The number of rotatable bonds is 2. The van der Waals surface area contributed by atoms with Gasteiger partial charge in [-0.3, -0.25) is 14.9 Å². The fourth-order valence-corrected chi connectivity index (χ4v) is 1.35. The van der Waals surface area contributed by atoms with Gasteiger partial charge in [-0.05, 0) is 25.5 Å². The summed E-state index contributed by atoms with van der Waals surface area (Å²) in [6, 6.07) is 1.50. The second-order valence-corrected chi connectivity index (χ2v) is 3.00. The molecular formula is C9H9NO4. The smallest absolute Gasteiger partial charge is 0.314 e. The average Bonchev–Trinajstić information content (AvgIpc) is 2.02. The Balaban J connectivity index is 3.60. The fraction of sp³-hybridized carbons (Fsp3) is 0.222. The Hall–Kier alpha value is -1.91. The Morgan fingerprint density at radius 2 is 2.00 bits per heavy atom. The van der Waals surface area contributed by atoms with Gasteiger partial charge in [0.05, 0.1) is 10.5 Å². The topological polar surface area (TPSA) is 80.4 Å². The molecule has 0 saturated carbocycles. The molecule has 0 fully saturated rings. The van der Waals surface area contributed by atoms with Crippen LogP contribution in [0.25, 0.3) is 0 Å². The van der Waals surface area contributed by atoms with Gasteiger partial charge in [-0.2, -0.15) is 0 Å². The van der Waals surface area contributed by atoms with Gasteiger partial charge in [0, 0.05) is 5.56 Å². The highest BCUT2D eigenvalue weighted by molar-refractivity contribution is 5.84. The Morgan fingerprint density at radius 1 is 1.43 bits per heavy atom. The van der Waals surface area contributed by atoms with E-state index in [1.807, 2.05) is 0 Å². The molecule has 0 atom stereocenters. The summed E-state index contributed by atoms with van der Waals surface area (Å²) in [5.74, 6) is -0.553. The molecule has 0 aromatic heterocycles. The second-order valence-electron chi connectivity index (χ2n) is 3.00. The van der Waals surface area contributed by atoms with Crippen molar-refractivity contribution in [3.8, 4) is 5.75 Å². The van der Waals surface area contributed by atoms with Gasteiger partial charge >= 0.3 is 5.69 Å². The number of hydrogen-bond acceptors (Lipinski definition) is 4. The Kier molecular flexibility index (Phi) is 2.51. The largest absolute Gasteiger partial charge is 0.502 e. The molecule has 5 nitrogen and oxygen atoms in total. The molecule has 1 N–H and O–H groups in total. The lowest BCUT2D eigenvalue weighted by atomic mass is 10.0. The lowest BCUT2D eigenvalue weighted by Crippen LogP contribution is -1.97. The molecule has 5 heteroatoms. The summed E-state index contributed by atoms with van der Waals surface area (Å²) in [5.41, 5.74) is 0.441. The number of carbonyl (C=O) groups is 1. The molecular weight excluding hydrogens is 186 g/mol. The Morgan fingerprint density at radius 3 is 2.43 bits per heavy atom. The predicted molar refractivity (Wildman–Crippen MR) is 49.6 cm³/mol. The zero-order valence-corrected chi connectivity index (χ0v) is 7.77. The van der Waals surface area contributed by atoms with E-state index >= 15 is 0 Å². The van der Waals surface area contributed by atoms with Crippen LogP contribution in [-0.4, -0.2) is 16.3 Å². The van der Waals surface area contributed by atoms with Crippen LogP contribution in [0.2, 0.25) is 0 Å². The third-order valence-corrected chi connectivity index (χ3v) is 2.01. The number of aromatic hydroxyl groups is 1. The minimum Gasteiger partial charge on any atom is -0.502 e. The molecule has 14 heavy (non-hydrogen) atoms. The molecule has 1 aromatic rings. The summed E-state index contributed by atoms with van der Waals surface area (Å²) in [5, 5.41) is 20.0. The first-order valence-corrected chi connectivity index (χ1v) is 3.91. The predicted octanol–water partition coefficient (Wildman–Crippen LogP) is 1.73. The molecule has 0 heterocycles. The maximum Gasteiger partial charge on any atom is 0.314 e. The monoisotopic (exact) mass is 195 g/mol. The maximum atomic E-state index is 10.6. The number of nitro groups is 1. The minimum absolute atomic E-state index is 0.0256. The van der Waals surface area contributed by atoms with Crippen LogP contribution >= 0.6 is 0 Å². The third kappa shape index (κ3) is 1.44. The van der Waals surface area contributed by atoms with E-state index in [9.17, 15) is 20.0 Å². The number of aryl methyl sites for hydroxylation is 2. The normalized spacial score (nSPS) is 9.86. The number of carbonyl (C=O) groups excluding carboxylic acids is 1. The van der Waals surface area contributed by atoms with Gasteiger partial charge in [-0.25, -0.2) is 0 Å². The molecule has 0 unspecified atom stereocenters. The van der Waals surface area contributed by atoms with E-state index in [-0.39, 0.29) is 5.56 Å². The van der Waals surface area contributed by atoms with Crippen LogP contribution in [0.1, 0.15) is 21.5 Å². The Labute approximate surface area is 80.1 Å². The van der Waals surface area contributed by atoms with Gasteiger partial charge in [-0.15, -0.1) is 0 Å². The van der Waals surface area contributed by atoms with E-state index in [4.69, 9.17) is 0 Å². The van der Waals surface area contributed by atoms with E-state index < -0.39 is 16.4 Å². The zero-order valence-electron chi connectivity index (χ0n) is 7.77. The van der Waals surface area contributed by atoms with E-state index in [2.05, 4.69) is 0 Å².